The second kappa shape index (κ2) is 5.05. The number of aromatic nitrogens is 2. The van der Waals surface area contributed by atoms with Crippen molar-refractivity contribution in [2.24, 2.45) is 0 Å². The lowest BCUT2D eigenvalue weighted by molar-refractivity contribution is 0.469. The molecule has 0 spiro atoms. The number of phenolic OH excluding ortho intramolecular Hbond substituents is 1. The molecule has 0 radical (unpaired) electrons. The van der Waals surface area contributed by atoms with E-state index in [4.69, 9.17) is 5.73 Å². The summed E-state index contributed by atoms with van der Waals surface area (Å²) in [5, 5.41) is 13.9. The van der Waals surface area contributed by atoms with Crippen LogP contribution >= 0.6 is 0 Å². The number of nitrogens with zero attached hydrogens (tertiary/aromatic N) is 2. The first-order chi connectivity index (χ1) is 9.74. The number of para-hydroxylation sites is 1. The molecule has 4 N–H and O–H groups in total. The molecule has 20 heavy (non-hydrogen) atoms. The molecule has 0 fully saturated rings. The van der Waals surface area contributed by atoms with E-state index in [1.807, 2.05) is 24.3 Å². The largest absolute Gasteiger partial charge is 0.508 e. The Kier molecular flexibility index (Phi) is 3.09. The number of benzene rings is 2. The number of hydrogen-bond acceptors (Lipinski definition) is 5. The van der Waals surface area contributed by atoms with Gasteiger partial charge in [-0.15, -0.1) is 0 Å². The molecule has 0 aliphatic carbocycles. The molecule has 3 rings (SSSR count). The lowest BCUT2D eigenvalue weighted by Crippen LogP contribution is -2.03. The fourth-order valence-corrected chi connectivity index (χ4v) is 2.07. The third-order valence-electron chi connectivity index (χ3n) is 3.09. The first-order valence-corrected chi connectivity index (χ1v) is 6.25. The van der Waals surface area contributed by atoms with E-state index < -0.39 is 0 Å². The minimum Gasteiger partial charge on any atom is -0.508 e. The molecule has 0 saturated carbocycles. The summed E-state index contributed by atoms with van der Waals surface area (Å²) in [6.07, 6.45) is 1.52. The Morgan fingerprint density at radius 1 is 1.10 bits per heavy atom. The molecule has 0 atom stereocenters. The van der Waals surface area contributed by atoms with Crippen molar-refractivity contribution in [1.29, 1.82) is 0 Å². The van der Waals surface area contributed by atoms with Gasteiger partial charge in [0.15, 0.2) is 0 Å². The summed E-state index contributed by atoms with van der Waals surface area (Å²) >= 11 is 0. The van der Waals surface area contributed by atoms with Crippen LogP contribution in [-0.2, 0) is 6.54 Å². The monoisotopic (exact) mass is 266 g/mol. The lowest BCUT2D eigenvalue weighted by Gasteiger charge is -2.10. The highest BCUT2D eigenvalue weighted by atomic mass is 16.3. The Bertz CT molecular complexity index is 752. The quantitative estimate of drug-likeness (QED) is 0.501. The van der Waals surface area contributed by atoms with Crippen LogP contribution in [0.25, 0.3) is 10.9 Å². The Labute approximate surface area is 116 Å². The van der Waals surface area contributed by atoms with Crippen molar-refractivity contribution in [2.75, 3.05) is 11.1 Å². The zero-order valence-electron chi connectivity index (χ0n) is 10.7. The number of nitrogen functional groups attached to an aromatic ring is 1. The summed E-state index contributed by atoms with van der Waals surface area (Å²) in [6, 6.07) is 12.8. The summed E-state index contributed by atoms with van der Waals surface area (Å²) in [5.41, 5.74) is 7.95. The molecule has 100 valence electrons. The highest BCUT2D eigenvalue weighted by molar-refractivity contribution is 5.88. The normalized spacial score (nSPS) is 10.6. The van der Waals surface area contributed by atoms with Crippen LogP contribution in [0.5, 0.6) is 5.75 Å². The summed E-state index contributed by atoms with van der Waals surface area (Å²) in [7, 11) is 0. The SMILES string of the molecule is Nc1ccc(O)c(CNc2ncnc3ccccc23)c1. The maximum atomic E-state index is 9.80. The number of anilines is 2. The first kappa shape index (κ1) is 12.2. The molecule has 3 aromatic rings. The van der Waals surface area contributed by atoms with Gasteiger partial charge in [0.25, 0.3) is 0 Å². The maximum Gasteiger partial charge on any atom is 0.137 e. The zero-order valence-corrected chi connectivity index (χ0v) is 10.7. The molecule has 2 aromatic carbocycles. The number of hydrogen-bond donors (Lipinski definition) is 3. The number of aromatic hydroxyl groups is 1. The van der Waals surface area contributed by atoms with Gasteiger partial charge in [0.2, 0.25) is 0 Å². The Balaban J connectivity index is 1.89. The van der Waals surface area contributed by atoms with Crippen molar-refractivity contribution in [3.63, 3.8) is 0 Å². The Morgan fingerprint density at radius 2 is 1.95 bits per heavy atom. The van der Waals surface area contributed by atoms with Gasteiger partial charge in [-0.1, -0.05) is 12.1 Å². The van der Waals surface area contributed by atoms with Crippen molar-refractivity contribution in [3.05, 3.63) is 54.4 Å². The molecule has 0 bridgehead atoms. The van der Waals surface area contributed by atoms with Crippen molar-refractivity contribution in [1.82, 2.24) is 9.97 Å². The molecule has 5 nitrogen and oxygen atoms in total. The van der Waals surface area contributed by atoms with Crippen LogP contribution in [0.1, 0.15) is 5.56 Å². The zero-order chi connectivity index (χ0) is 13.9. The van der Waals surface area contributed by atoms with Gasteiger partial charge in [-0.2, -0.15) is 0 Å². The molecule has 0 aliphatic rings. The molecule has 1 aromatic heterocycles. The smallest absolute Gasteiger partial charge is 0.137 e. The molecular weight excluding hydrogens is 252 g/mol. The molecule has 0 unspecified atom stereocenters. The van der Waals surface area contributed by atoms with E-state index in [0.29, 0.717) is 12.2 Å². The van der Waals surface area contributed by atoms with Crippen molar-refractivity contribution in [3.8, 4) is 5.75 Å². The van der Waals surface area contributed by atoms with Gasteiger partial charge in [0.05, 0.1) is 5.52 Å². The summed E-state index contributed by atoms with van der Waals surface area (Å²) in [4.78, 5) is 8.45. The second-order valence-electron chi connectivity index (χ2n) is 4.48. The fraction of sp³-hybridized carbons (Fsp3) is 0.0667. The third-order valence-corrected chi connectivity index (χ3v) is 3.09. The maximum absolute atomic E-state index is 9.80. The van der Waals surface area contributed by atoms with Gasteiger partial charge < -0.3 is 16.2 Å². The van der Waals surface area contributed by atoms with Gasteiger partial charge >= 0.3 is 0 Å². The van der Waals surface area contributed by atoms with Gasteiger partial charge in [0, 0.05) is 23.2 Å². The number of nitrogens with two attached hydrogens (primary N) is 1. The van der Waals surface area contributed by atoms with E-state index in [0.717, 1.165) is 22.3 Å². The number of phenols is 1. The second-order valence-corrected chi connectivity index (χ2v) is 4.48. The van der Waals surface area contributed by atoms with Crippen molar-refractivity contribution < 1.29 is 5.11 Å². The summed E-state index contributed by atoms with van der Waals surface area (Å²) in [5.74, 6) is 0.947. The van der Waals surface area contributed by atoms with E-state index in [9.17, 15) is 5.11 Å². The predicted molar refractivity (Wildman–Crippen MR) is 79.4 cm³/mol. The highest BCUT2D eigenvalue weighted by Gasteiger charge is 2.05. The predicted octanol–water partition coefficient (Wildman–Crippen LogP) is 2.53. The molecular formula is C15H14N4O. The average Bonchev–Trinajstić information content (AvgIpc) is 2.48. The lowest BCUT2D eigenvalue weighted by atomic mass is 10.1. The molecule has 1 heterocycles. The van der Waals surface area contributed by atoms with Crippen LogP contribution in [0.2, 0.25) is 0 Å². The van der Waals surface area contributed by atoms with Crippen LogP contribution in [0.4, 0.5) is 11.5 Å². The number of rotatable bonds is 3. The van der Waals surface area contributed by atoms with Crippen LogP contribution in [0.3, 0.4) is 0 Å². The van der Waals surface area contributed by atoms with E-state index in [1.165, 1.54) is 6.33 Å². The molecule has 0 amide bonds. The standard InChI is InChI=1S/C15H14N4O/c16-11-5-6-14(20)10(7-11)8-17-15-12-3-1-2-4-13(12)18-9-19-15/h1-7,9,20H,8,16H2,(H,17,18,19). The van der Waals surface area contributed by atoms with Crippen molar-refractivity contribution in [2.45, 2.75) is 6.54 Å². The van der Waals surface area contributed by atoms with E-state index in [-0.39, 0.29) is 5.75 Å². The van der Waals surface area contributed by atoms with Crippen LogP contribution in [-0.4, -0.2) is 15.1 Å². The highest BCUT2D eigenvalue weighted by Crippen LogP contribution is 2.23. The number of fused-ring (bicyclic) bond motifs is 1. The topological polar surface area (TPSA) is 84.1 Å². The summed E-state index contributed by atoms with van der Waals surface area (Å²) in [6.45, 7) is 0.442. The minimum atomic E-state index is 0.213. The number of nitrogens with one attached hydrogen (secondary N) is 1. The minimum absolute atomic E-state index is 0.213. The Morgan fingerprint density at radius 3 is 2.85 bits per heavy atom. The molecule has 0 saturated heterocycles. The van der Waals surface area contributed by atoms with E-state index in [1.54, 1.807) is 18.2 Å². The first-order valence-electron chi connectivity index (χ1n) is 6.25. The summed E-state index contributed by atoms with van der Waals surface area (Å²) < 4.78 is 0. The molecule has 0 aliphatic heterocycles. The van der Waals surface area contributed by atoms with Crippen molar-refractivity contribution >= 4 is 22.4 Å². The van der Waals surface area contributed by atoms with E-state index in [2.05, 4.69) is 15.3 Å². The van der Waals surface area contributed by atoms with Crippen LogP contribution < -0.4 is 11.1 Å². The average molecular weight is 266 g/mol. The van der Waals surface area contributed by atoms with Gasteiger partial charge in [0.1, 0.15) is 17.9 Å². The van der Waals surface area contributed by atoms with Gasteiger partial charge in [-0.05, 0) is 30.3 Å². The van der Waals surface area contributed by atoms with Crippen LogP contribution in [0, 0.1) is 0 Å². The van der Waals surface area contributed by atoms with Gasteiger partial charge in [-0.25, -0.2) is 9.97 Å². The fourth-order valence-electron chi connectivity index (χ4n) is 2.07. The Hall–Kier alpha value is -2.82. The third kappa shape index (κ3) is 2.33. The molecule has 5 heteroatoms. The van der Waals surface area contributed by atoms with Gasteiger partial charge in [-0.3, -0.25) is 0 Å². The van der Waals surface area contributed by atoms with E-state index >= 15 is 0 Å². The van der Waals surface area contributed by atoms with Crippen LogP contribution in [0.15, 0.2) is 48.8 Å².